The zero-order chi connectivity index (χ0) is 29.8. The van der Waals surface area contributed by atoms with E-state index in [9.17, 15) is 14.9 Å². The summed E-state index contributed by atoms with van der Waals surface area (Å²) in [6.45, 7) is 0.886. The molecule has 2 saturated heterocycles. The highest BCUT2D eigenvalue weighted by molar-refractivity contribution is 7.99. The van der Waals surface area contributed by atoms with Gasteiger partial charge in [-0.15, -0.1) is 0 Å². The predicted octanol–water partition coefficient (Wildman–Crippen LogP) is 5.71. The molecule has 0 spiro atoms. The Kier molecular flexibility index (Phi) is 8.52. The Morgan fingerprint density at radius 2 is 1.81 bits per heavy atom. The van der Waals surface area contributed by atoms with Crippen LogP contribution in [0.1, 0.15) is 38.1 Å². The monoisotopic (exact) mass is 594 g/mol. The fourth-order valence-electron chi connectivity index (χ4n) is 6.04. The Balaban J connectivity index is 1.28. The Morgan fingerprint density at radius 3 is 2.56 bits per heavy atom. The Morgan fingerprint density at radius 1 is 1.07 bits per heavy atom. The van der Waals surface area contributed by atoms with Crippen molar-refractivity contribution in [1.82, 2.24) is 19.0 Å². The molecule has 6 rings (SSSR count). The van der Waals surface area contributed by atoms with Crippen LogP contribution in [-0.2, 0) is 4.79 Å². The first kappa shape index (κ1) is 28.6. The molecule has 1 atom stereocenters. The lowest BCUT2D eigenvalue weighted by Gasteiger charge is -2.33. The zero-order valence-electron chi connectivity index (χ0n) is 23.9. The average Bonchev–Trinajstić information content (AvgIpc) is 3.35. The Hall–Kier alpha value is -4.49. The van der Waals surface area contributed by atoms with Gasteiger partial charge in [0.2, 0.25) is 0 Å². The van der Waals surface area contributed by atoms with Gasteiger partial charge in [0.25, 0.3) is 5.91 Å². The largest absolute Gasteiger partial charge is 0.457 e. The molecular weight excluding hydrogens is 560 g/mol. The molecule has 2 aromatic carbocycles. The Bertz CT molecular complexity index is 1730. The number of ether oxygens (including phenoxy) is 1. The molecular formula is C33H34N6O3S. The van der Waals surface area contributed by atoms with Crippen LogP contribution in [0.4, 0.5) is 5.82 Å². The van der Waals surface area contributed by atoms with E-state index in [2.05, 4.69) is 11.1 Å². The Labute approximate surface area is 254 Å². The number of aromatic nitrogens is 3. The maximum Gasteiger partial charge on any atom is 0.334 e. The quantitative estimate of drug-likeness (QED) is 0.215. The molecule has 1 amide bonds. The van der Waals surface area contributed by atoms with Crippen LogP contribution < -0.4 is 16.2 Å². The number of imidazole rings is 1. The number of pyridine rings is 1. The zero-order valence-corrected chi connectivity index (χ0v) is 24.7. The third kappa shape index (κ3) is 6.04. The van der Waals surface area contributed by atoms with E-state index in [1.165, 1.54) is 0 Å². The molecule has 0 aliphatic carbocycles. The molecule has 2 aliphatic heterocycles. The number of rotatable bonds is 7. The molecule has 43 heavy (non-hydrogen) atoms. The van der Waals surface area contributed by atoms with Crippen molar-refractivity contribution < 1.29 is 9.53 Å². The number of nitriles is 1. The van der Waals surface area contributed by atoms with Gasteiger partial charge in [-0.25, -0.2) is 9.78 Å². The summed E-state index contributed by atoms with van der Waals surface area (Å²) in [6.07, 6.45) is 7.85. The number of carbonyl (C=O) groups excluding carboxylic acids is 1. The highest BCUT2D eigenvalue weighted by atomic mass is 32.2. The van der Waals surface area contributed by atoms with Gasteiger partial charge in [-0.1, -0.05) is 24.3 Å². The van der Waals surface area contributed by atoms with Gasteiger partial charge in [0.05, 0.1) is 17.2 Å². The van der Waals surface area contributed by atoms with Crippen molar-refractivity contribution in [2.45, 2.75) is 38.1 Å². The van der Waals surface area contributed by atoms with Gasteiger partial charge in [-0.3, -0.25) is 13.9 Å². The number of piperidine rings is 1. The van der Waals surface area contributed by atoms with Crippen molar-refractivity contribution in [3.05, 3.63) is 89.0 Å². The first-order chi connectivity index (χ1) is 21.0. The van der Waals surface area contributed by atoms with Crippen molar-refractivity contribution in [2.24, 2.45) is 5.92 Å². The van der Waals surface area contributed by atoms with Crippen LogP contribution >= 0.6 is 11.8 Å². The number of likely N-dealkylation sites (tertiary alicyclic amines) is 1. The van der Waals surface area contributed by atoms with Gasteiger partial charge in [-0.2, -0.15) is 17.0 Å². The number of thioether (sulfide) groups is 1. The van der Waals surface area contributed by atoms with Crippen molar-refractivity contribution in [2.75, 3.05) is 30.3 Å². The minimum absolute atomic E-state index is 0.194. The van der Waals surface area contributed by atoms with E-state index in [1.54, 1.807) is 26.3 Å². The maximum atomic E-state index is 14.1. The molecule has 2 N–H and O–H groups in total. The van der Waals surface area contributed by atoms with E-state index in [-0.39, 0.29) is 29.0 Å². The number of nitrogens with zero attached hydrogens (tertiary/aromatic N) is 5. The highest BCUT2D eigenvalue weighted by Crippen LogP contribution is 2.31. The third-order valence-corrected chi connectivity index (χ3v) is 9.33. The van der Waals surface area contributed by atoms with Gasteiger partial charge in [0.15, 0.2) is 0 Å². The van der Waals surface area contributed by atoms with Gasteiger partial charge in [0.1, 0.15) is 34.5 Å². The maximum absolute atomic E-state index is 14.1. The van der Waals surface area contributed by atoms with Crippen molar-refractivity contribution in [1.29, 1.82) is 5.26 Å². The van der Waals surface area contributed by atoms with E-state index in [0.717, 1.165) is 49.4 Å². The molecule has 2 aliphatic rings. The third-order valence-electron chi connectivity index (χ3n) is 8.28. The van der Waals surface area contributed by atoms with E-state index < -0.39 is 0 Å². The standard InChI is InChI=1S/C33H34N6O3S/c34-21-24(9-8-23-15-19-43-20-16-23)32(40)37-18-4-5-26(22-37)38-29-14-17-36-31(35)30(29)39(33(38)41)25-10-12-28(13-11-25)42-27-6-2-1-3-7-27/h1-3,6-7,9-14,17,23,26H,4-5,8,15-16,18-20,22H2,(H2,35,36)/b24-9+/t26-/m1/s1. The number of fused-ring (bicyclic) bond motifs is 1. The normalized spacial score (nSPS) is 18.0. The molecule has 4 heterocycles. The molecule has 4 aromatic rings. The van der Waals surface area contributed by atoms with Gasteiger partial charge in [0, 0.05) is 19.3 Å². The number of hydrogen-bond acceptors (Lipinski definition) is 7. The fourth-order valence-corrected chi connectivity index (χ4v) is 7.24. The van der Waals surface area contributed by atoms with Gasteiger partial charge in [-0.05, 0) is 92.0 Å². The van der Waals surface area contributed by atoms with Gasteiger partial charge < -0.3 is 15.4 Å². The molecule has 2 aromatic heterocycles. The topological polar surface area (TPSA) is 119 Å². The minimum atomic E-state index is -0.272. The number of benzene rings is 2. The smallest absolute Gasteiger partial charge is 0.334 e. The number of amides is 1. The summed E-state index contributed by atoms with van der Waals surface area (Å²) in [6, 6.07) is 20.4. The number of hydrogen-bond donors (Lipinski definition) is 1. The van der Waals surface area contributed by atoms with Crippen molar-refractivity contribution in [3.8, 4) is 23.3 Å². The van der Waals surface area contributed by atoms with E-state index >= 15 is 0 Å². The highest BCUT2D eigenvalue weighted by Gasteiger charge is 2.30. The van der Waals surface area contributed by atoms with Crippen LogP contribution in [0.15, 0.2) is 83.3 Å². The number of anilines is 1. The average molecular weight is 595 g/mol. The first-order valence-electron chi connectivity index (χ1n) is 14.7. The van der Waals surface area contributed by atoms with Crippen LogP contribution in [0.3, 0.4) is 0 Å². The molecule has 0 unspecified atom stereocenters. The molecule has 10 heteroatoms. The molecule has 0 saturated carbocycles. The molecule has 9 nitrogen and oxygen atoms in total. The van der Waals surface area contributed by atoms with Crippen LogP contribution in [0, 0.1) is 17.2 Å². The second-order valence-corrected chi connectivity index (χ2v) is 12.3. The summed E-state index contributed by atoms with van der Waals surface area (Å²) in [7, 11) is 0. The van der Waals surface area contributed by atoms with Crippen LogP contribution in [0.25, 0.3) is 16.7 Å². The number of carbonyl (C=O) groups is 1. The van der Waals surface area contributed by atoms with E-state index in [4.69, 9.17) is 10.5 Å². The van der Waals surface area contributed by atoms with Crippen LogP contribution in [0.5, 0.6) is 11.5 Å². The summed E-state index contributed by atoms with van der Waals surface area (Å²) in [5, 5.41) is 9.83. The summed E-state index contributed by atoms with van der Waals surface area (Å²) >= 11 is 1.96. The van der Waals surface area contributed by atoms with Crippen molar-refractivity contribution in [3.63, 3.8) is 0 Å². The molecule has 0 bridgehead atoms. The van der Waals surface area contributed by atoms with E-state index in [0.29, 0.717) is 41.5 Å². The van der Waals surface area contributed by atoms with Crippen LogP contribution in [0.2, 0.25) is 0 Å². The number of allylic oxidation sites excluding steroid dienone is 1. The van der Waals surface area contributed by atoms with E-state index in [1.807, 2.05) is 72.4 Å². The van der Waals surface area contributed by atoms with Gasteiger partial charge >= 0.3 is 5.69 Å². The number of nitrogens with two attached hydrogens (primary N) is 1. The minimum Gasteiger partial charge on any atom is -0.457 e. The SMILES string of the molecule is N#C/C(=C\CC1CCSCC1)C(=O)N1CCC[C@@H](n2c(=O)n(-c3ccc(Oc4ccccc4)cc3)c3c(N)nccc32)C1. The summed E-state index contributed by atoms with van der Waals surface area (Å²) < 4.78 is 9.24. The molecule has 2 fully saturated rings. The van der Waals surface area contributed by atoms with Crippen LogP contribution in [-0.4, -0.2) is 49.5 Å². The summed E-state index contributed by atoms with van der Waals surface area (Å²) in [5.41, 5.74) is 8.11. The summed E-state index contributed by atoms with van der Waals surface area (Å²) in [4.78, 5) is 33.6. The molecule has 220 valence electrons. The fraction of sp³-hybridized carbons (Fsp3) is 0.333. The number of para-hydroxylation sites is 1. The lowest BCUT2D eigenvalue weighted by Crippen LogP contribution is -2.43. The lowest BCUT2D eigenvalue weighted by atomic mass is 9.97. The van der Waals surface area contributed by atoms with Crippen molar-refractivity contribution >= 4 is 34.5 Å². The second-order valence-electron chi connectivity index (χ2n) is 11.0. The predicted molar refractivity (Wildman–Crippen MR) is 169 cm³/mol. The lowest BCUT2D eigenvalue weighted by molar-refractivity contribution is -0.128. The number of nitrogen functional groups attached to an aromatic ring is 1. The first-order valence-corrected chi connectivity index (χ1v) is 15.9. The summed E-state index contributed by atoms with van der Waals surface area (Å²) in [5.74, 6) is 4.14. The second kappa shape index (κ2) is 12.8. The molecule has 0 radical (unpaired) electrons.